The maximum absolute atomic E-state index is 10.1. The highest BCUT2D eigenvalue weighted by molar-refractivity contribution is 6.11. The highest BCUT2D eigenvalue weighted by atomic mass is 15.0. The first-order valence-electron chi connectivity index (χ1n) is 16.3. The number of hydrogen-bond donors (Lipinski definition) is 0. The predicted molar refractivity (Wildman–Crippen MR) is 200 cm³/mol. The second-order valence-corrected chi connectivity index (χ2v) is 12.4. The van der Waals surface area contributed by atoms with Crippen LogP contribution in [0.15, 0.2) is 152 Å². The molecule has 0 spiro atoms. The van der Waals surface area contributed by atoms with Crippen LogP contribution in [0.3, 0.4) is 0 Å². The largest absolute Gasteiger partial charge is 0.309 e. The molecule has 50 heavy (non-hydrogen) atoms. The van der Waals surface area contributed by atoms with Crippen LogP contribution in [0.4, 0.5) is 0 Å². The zero-order valence-electron chi connectivity index (χ0n) is 26.7. The maximum Gasteiger partial charge on any atom is 0.0992 e. The summed E-state index contributed by atoms with van der Waals surface area (Å²) in [7, 11) is 0. The minimum Gasteiger partial charge on any atom is -0.309 e. The van der Waals surface area contributed by atoms with Gasteiger partial charge in [-0.25, -0.2) is 0 Å². The van der Waals surface area contributed by atoms with Crippen LogP contribution in [0.25, 0.3) is 77.2 Å². The van der Waals surface area contributed by atoms with Crippen LogP contribution < -0.4 is 0 Å². The topological polar surface area (TPSA) is 81.2 Å². The molecule has 0 aliphatic carbocycles. The molecule has 2 heterocycles. The van der Waals surface area contributed by atoms with Crippen molar-refractivity contribution in [2.75, 3.05) is 0 Å². The molecule has 9 aromatic rings. The van der Waals surface area contributed by atoms with Gasteiger partial charge in [0.15, 0.2) is 0 Å². The normalized spacial score (nSPS) is 11.1. The highest BCUT2D eigenvalue weighted by Crippen LogP contribution is 2.38. The Morgan fingerprint density at radius 1 is 0.360 bits per heavy atom. The molecule has 5 heteroatoms. The van der Waals surface area contributed by atoms with E-state index in [0.717, 1.165) is 77.2 Å². The summed E-state index contributed by atoms with van der Waals surface area (Å²) in [5.41, 5.74) is 11.6. The Kier molecular flexibility index (Phi) is 6.56. The van der Waals surface area contributed by atoms with Crippen molar-refractivity contribution in [3.05, 3.63) is 168 Å². The minimum atomic E-state index is 0.557. The van der Waals surface area contributed by atoms with Crippen molar-refractivity contribution in [3.63, 3.8) is 0 Å². The average Bonchev–Trinajstić information content (AvgIpc) is 3.70. The van der Waals surface area contributed by atoms with Crippen molar-refractivity contribution in [1.82, 2.24) is 9.13 Å². The standard InChI is InChI=1S/C45H25N5/c46-26-29-14-20-44-40(23-29)39-9-3-4-10-41(39)49(44)35-22-31(28-48)21-34(25-35)32-15-17-33(18-16-32)36-19-13-30(27-47)24-45(36)50-42-11-5-1-7-37(42)38-8-2-6-12-43(38)50/h1-25H. The quantitative estimate of drug-likeness (QED) is 0.193. The van der Waals surface area contributed by atoms with Crippen LogP contribution in [0.2, 0.25) is 0 Å². The number of rotatable bonds is 4. The first kappa shape index (κ1) is 28.8. The van der Waals surface area contributed by atoms with Gasteiger partial charge >= 0.3 is 0 Å². The summed E-state index contributed by atoms with van der Waals surface area (Å²) in [5, 5.41) is 33.9. The summed E-state index contributed by atoms with van der Waals surface area (Å²) >= 11 is 0. The number of fused-ring (bicyclic) bond motifs is 6. The van der Waals surface area contributed by atoms with Gasteiger partial charge in [0, 0.05) is 32.8 Å². The molecule has 9 rings (SSSR count). The molecule has 2 aromatic heterocycles. The number of benzene rings is 7. The van der Waals surface area contributed by atoms with Gasteiger partial charge in [-0.3, -0.25) is 0 Å². The number of hydrogen-bond acceptors (Lipinski definition) is 3. The zero-order valence-corrected chi connectivity index (χ0v) is 26.7. The number of aromatic nitrogens is 2. The Labute approximate surface area is 287 Å². The Balaban J connectivity index is 1.19. The van der Waals surface area contributed by atoms with Gasteiger partial charge in [0.05, 0.1) is 62.7 Å². The van der Waals surface area contributed by atoms with Gasteiger partial charge in [-0.2, -0.15) is 15.8 Å². The van der Waals surface area contributed by atoms with E-state index in [-0.39, 0.29) is 0 Å². The van der Waals surface area contributed by atoms with Crippen LogP contribution in [0.5, 0.6) is 0 Å². The molecule has 7 aromatic carbocycles. The summed E-state index contributed by atoms with van der Waals surface area (Å²) in [6.07, 6.45) is 0. The SMILES string of the molecule is N#Cc1cc(-c2ccc(-c3ccc(C#N)cc3-n3c4ccccc4c4ccccc43)cc2)cc(-n2c3ccccc3c3cc(C#N)ccc32)c1. The van der Waals surface area contributed by atoms with E-state index < -0.39 is 0 Å². The molecule has 0 aliphatic heterocycles. The monoisotopic (exact) mass is 635 g/mol. The van der Waals surface area contributed by atoms with Crippen molar-refractivity contribution in [1.29, 1.82) is 15.8 Å². The number of para-hydroxylation sites is 3. The lowest BCUT2D eigenvalue weighted by molar-refractivity contribution is 1.18. The lowest BCUT2D eigenvalue weighted by Gasteiger charge is -2.15. The number of nitrogens with zero attached hydrogens (tertiary/aromatic N) is 5. The van der Waals surface area contributed by atoms with Crippen LogP contribution in [-0.4, -0.2) is 9.13 Å². The van der Waals surface area contributed by atoms with E-state index in [4.69, 9.17) is 0 Å². The predicted octanol–water partition coefficient (Wildman–Crippen LogP) is 10.8. The maximum atomic E-state index is 10.1. The zero-order chi connectivity index (χ0) is 33.8. The summed E-state index contributed by atoms with van der Waals surface area (Å²) in [6, 6.07) is 57.8. The van der Waals surface area contributed by atoms with E-state index in [1.54, 1.807) is 0 Å². The lowest BCUT2D eigenvalue weighted by Crippen LogP contribution is -1.98. The average molecular weight is 636 g/mol. The van der Waals surface area contributed by atoms with Gasteiger partial charge in [-0.05, 0) is 83.4 Å². The molecule has 0 fully saturated rings. The third kappa shape index (κ3) is 4.45. The van der Waals surface area contributed by atoms with Gasteiger partial charge in [-0.1, -0.05) is 84.9 Å². The van der Waals surface area contributed by atoms with Gasteiger partial charge < -0.3 is 9.13 Å². The van der Waals surface area contributed by atoms with Crippen molar-refractivity contribution in [2.45, 2.75) is 0 Å². The molecule has 0 N–H and O–H groups in total. The van der Waals surface area contributed by atoms with E-state index in [1.807, 2.05) is 72.8 Å². The summed E-state index contributed by atoms with van der Waals surface area (Å²) in [5.74, 6) is 0. The van der Waals surface area contributed by atoms with E-state index in [2.05, 4.69) is 106 Å². The summed E-state index contributed by atoms with van der Waals surface area (Å²) in [4.78, 5) is 0. The molecule has 0 radical (unpaired) electrons. The molecule has 0 atom stereocenters. The van der Waals surface area contributed by atoms with Crippen LogP contribution >= 0.6 is 0 Å². The Bertz CT molecular complexity index is 2900. The van der Waals surface area contributed by atoms with Crippen molar-refractivity contribution in [2.24, 2.45) is 0 Å². The number of nitriles is 3. The third-order valence-electron chi connectivity index (χ3n) is 9.58. The Hall–Kier alpha value is -7.39. The van der Waals surface area contributed by atoms with Crippen LogP contribution in [0.1, 0.15) is 16.7 Å². The Morgan fingerprint density at radius 3 is 1.52 bits per heavy atom. The molecule has 0 aliphatic rings. The molecule has 0 unspecified atom stereocenters. The van der Waals surface area contributed by atoms with E-state index in [9.17, 15) is 15.8 Å². The van der Waals surface area contributed by atoms with Crippen molar-refractivity contribution < 1.29 is 0 Å². The van der Waals surface area contributed by atoms with E-state index >= 15 is 0 Å². The van der Waals surface area contributed by atoms with Crippen molar-refractivity contribution >= 4 is 43.6 Å². The molecule has 5 nitrogen and oxygen atoms in total. The van der Waals surface area contributed by atoms with Gasteiger partial charge in [-0.15, -0.1) is 0 Å². The van der Waals surface area contributed by atoms with Crippen LogP contribution in [0, 0.1) is 34.0 Å². The highest BCUT2D eigenvalue weighted by Gasteiger charge is 2.17. The first-order valence-corrected chi connectivity index (χ1v) is 16.3. The fourth-order valence-electron chi connectivity index (χ4n) is 7.35. The fraction of sp³-hybridized carbons (Fsp3) is 0. The second-order valence-electron chi connectivity index (χ2n) is 12.4. The van der Waals surface area contributed by atoms with Crippen molar-refractivity contribution in [3.8, 4) is 51.8 Å². The Morgan fingerprint density at radius 2 is 0.880 bits per heavy atom. The molecule has 0 saturated carbocycles. The second kappa shape index (κ2) is 11.4. The molecule has 0 saturated heterocycles. The van der Waals surface area contributed by atoms with Crippen LogP contribution in [-0.2, 0) is 0 Å². The van der Waals surface area contributed by atoms with E-state index in [0.29, 0.717) is 16.7 Å². The van der Waals surface area contributed by atoms with E-state index in [1.165, 1.54) is 0 Å². The smallest absolute Gasteiger partial charge is 0.0992 e. The molecule has 230 valence electrons. The molecular weight excluding hydrogens is 611 g/mol. The first-order chi connectivity index (χ1) is 24.6. The third-order valence-corrected chi connectivity index (χ3v) is 9.58. The summed E-state index contributed by atoms with van der Waals surface area (Å²) in [6.45, 7) is 0. The van der Waals surface area contributed by atoms with Gasteiger partial charge in [0.2, 0.25) is 0 Å². The molecule has 0 bridgehead atoms. The van der Waals surface area contributed by atoms with Gasteiger partial charge in [0.1, 0.15) is 0 Å². The molecular formula is C45H25N5. The summed E-state index contributed by atoms with van der Waals surface area (Å²) < 4.78 is 4.42. The fourth-order valence-corrected chi connectivity index (χ4v) is 7.35. The molecule has 0 amide bonds. The van der Waals surface area contributed by atoms with Gasteiger partial charge in [0.25, 0.3) is 0 Å². The minimum absolute atomic E-state index is 0.557. The lowest BCUT2D eigenvalue weighted by atomic mass is 9.97.